The van der Waals surface area contributed by atoms with Crippen LogP contribution in [0.15, 0.2) is 144 Å². The van der Waals surface area contributed by atoms with E-state index >= 15 is 0 Å². The van der Waals surface area contributed by atoms with E-state index in [1.54, 1.807) is 0 Å². The normalized spacial score (nSPS) is 13.9. The van der Waals surface area contributed by atoms with Gasteiger partial charge in [-0.05, 0) is 105 Å². The van der Waals surface area contributed by atoms with E-state index in [1.165, 1.54) is 118 Å². The van der Waals surface area contributed by atoms with Crippen LogP contribution in [-0.4, -0.2) is 11.4 Å². The number of nitrogens with zero attached hydrogens (tertiary/aromatic N) is 2. The van der Waals surface area contributed by atoms with Crippen molar-refractivity contribution in [2.24, 2.45) is 0 Å². The van der Waals surface area contributed by atoms with Crippen molar-refractivity contribution < 1.29 is 4.42 Å². The number of rotatable bonds is 1. The first-order valence-electron chi connectivity index (χ1n) is 21.8. The predicted octanol–water partition coefficient (Wildman–Crippen LogP) is 15.3. The quantitative estimate of drug-likeness (QED) is 0.154. The van der Waals surface area contributed by atoms with Crippen LogP contribution >= 0.6 is 22.7 Å². The third kappa shape index (κ3) is 4.56. The highest BCUT2D eigenvalue weighted by molar-refractivity contribution is 7.26. The zero-order valence-corrected chi connectivity index (χ0v) is 37.1. The molecule has 0 fully saturated rings. The van der Waals surface area contributed by atoms with Crippen LogP contribution in [0.1, 0.15) is 52.7 Å². The summed E-state index contributed by atoms with van der Waals surface area (Å²) in [6, 6.07) is 53.5. The Hall–Kier alpha value is -6.34. The Morgan fingerprint density at radius 2 is 1.15 bits per heavy atom. The lowest BCUT2D eigenvalue weighted by molar-refractivity contribution is 0.590. The van der Waals surface area contributed by atoms with E-state index in [0.29, 0.717) is 0 Å². The molecule has 12 aromatic rings. The number of furan rings is 1. The lowest BCUT2D eigenvalue weighted by Gasteiger charge is -2.42. The van der Waals surface area contributed by atoms with Crippen LogP contribution in [0.5, 0.6) is 0 Å². The van der Waals surface area contributed by atoms with Crippen molar-refractivity contribution in [3.63, 3.8) is 0 Å². The standard InChI is InChI=1S/C56H41BN2OS2/c1-55(2,3)30-15-18-32(19-16-30)59-43-26-39-34-20-17-31(56(4,5)6)25-48(34)62-49(39)28-38(43)35-21-22-37-51-42(23-24-46-52(51)36-12-7-9-13-45(36)60-46)58-44-27-40-33-11-8-10-14-47(33)61-50(40)29-41(44)57(59)53(35)54(37)58/h7-29H,1-6H3. The Morgan fingerprint density at radius 3 is 1.95 bits per heavy atom. The summed E-state index contributed by atoms with van der Waals surface area (Å²) in [5.41, 5.74) is 16.2. The van der Waals surface area contributed by atoms with Gasteiger partial charge in [0, 0.05) is 84.5 Å². The number of fused-ring (bicyclic) bond motifs is 18. The van der Waals surface area contributed by atoms with Crippen molar-refractivity contribution in [1.82, 2.24) is 4.57 Å². The molecule has 14 rings (SSSR count). The number of para-hydroxylation sites is 1. The minimum absolute atomic E-state index is 0.0402. The van der Waals surface area contributed by atoms with Gasteiger partial charge in [0.05, 0.1) is 11.0 Å². The number of hydrogen-bond donors (Lipinski definition) is 0. The average molecular weight is 833 g/mol. The summed E-state index contributed by atoms with van der Waals surface area (Å²) in [5.74, 6) is 0. The lowest BCUT2D eigenvalue weighted by atomic mass is 9.44. The number of aromatic nitrogens is 1. The van der Waals surface area contributed by atoms with Crippen molar-refractivity contribution in [2.75, 3.05) is 4.81 Å². The second kappa shape index (κ2) is 11.8. The first-order chi connectivity index (χ1) is 30.0. The van der Waals surface area contributed by atoms with Crippen LogP contribution in [0.2, 0.25) is 0 Å². The van der Waals surface area contributed by atoms with Crippen LogP contribution in [0.25, 0.3) is 101 Å². The molecule has 0 saturated heterocycles. The van der Waals surface area contributed by atoms with Gasteiger partial charge in [-0.3, -0.25) is 0 Å². The van der Waals surface area contributed by atoms with Crippen LogP contribution in [-0.2, 0) is 10.8 Å². The largest absolute Gasteiger partial charge is 0.456 e. The second-order valence-electron chi connectivity index (χ2n) is 19.7. The molecular weight excluding hydrogens is 792 g/mol. The maximum Gasteiger partial charge on any atom is 0.333 e. The Balaban J connectivity index is 1.16. The first-order valence-corrected chi connectivity index (χ1v) is 23.4. The van der Waals surface area contributed by atoms with E-state index in [4.69, 9.17) is 4.42 Å². The molecule has 0 amide bonds. The Morgan fingerprint density at radius 1 is 0.484 bits per heavy atom. The zero-order valence-electron chi connectivity index (χ0n) is 35.5. The van der Waals surface area contributed by atoms with E-state index in [9.17, 15) is 0 Å². The molecule has 0 radical (unpaired) electrons. The number of hydrogen-bond acceptors (Lipinski definition) is 4. The SMILES string of the molecule is CC(C)(C)c1ccc(N2B3c4cc5sc6ccccc6c5cc4-n4c5ccc6oc7ccccc7c6c5c5ccc(c3c54)-c3cc4sc5cc(C(C)(C)C)ccc5c4cc32)cc1. The molecule has 6 heteroatoms. The third-order valence-electron chi connectivity index (χ3n) is 14.1. The molecule has 3 nitrogen and oxygen atoms in total. The minimum Gasteiger partial charge on any atom is -0.456 e. The number of anilines is 2. The number of thiophene rings is 2. The maximum absolute atomic E-state index is 6.57. The topological polar surface area (TPSA) is 21.3 Å². The molecular formula is C56H41BN2OS2. The van der Waals surface area contributed by atoms with Crippen LogP contribution in [0, 0.1) is 0 Å². The van der Waals surface area contributed by atoms with Gasteiger partial charge in [0.2, 0.25) is 0 Å². The van der Waals surface area contributed by atoms with Gasteiger partial charge >= 0.3 is 6.85 Å². The monoisotopic (exact) mass is 832 g/mol. The lowest BCUT2D eigenvalue weighted by Crippen LogP contribution is -2.60. The maximum atomic E-state index is 6.57. The molecule has 296 valence electrons. The van der Waals surface area contributed by atoms with Crippen LogP contribution in [0.4, 0.5) is 11.4 Å². The van der Waals surface area contributed by atoms with Crippen molar-refractivity contribution >= 4 is 136 Å². The molecule has 0 N–H and O–H groups in total. The van der Waals surface area contributed by atoms with Crippen molar-refractivity contribution in [3.05, 3.63) is 151 Å². The fourth-order valence-corrected chi connectivity index (χ4v) is 13.4. The molecule has 2 aliphatic heterocycles. The van der Waals surface area contributed by atoms with E-state index in [0.717, 1.165) is 16.6 Å². The van der Waals surface area contributed by atoms with Crippen LogP contribution < -0.4 is 15.7 Å². The molecule has 8 aromatic carbocycles. The molecule has 0 atom stereocenters. The second-order valence-corrected chi connectivity index (χ2v) is 21.9. The summed E-state index contributed by atoms with van der Waals surface area (Å²) in [6.07, 6.45) is 0. The predicted molar refractivity (Wildman–Crippen MR) is 270 cm³/mol. The fourth-order valence-electron chi connectivity index (χ4n) is 11.1. The smallest absolute Gasteiger partial charge is 0.333 e. The van der Waals surface area contributed by atoms with Gasteiger partial charge in [0.25, 0.3) is 0 Å². The summed E-state index contributed by atoms with van der Waals surface area (Å²) in [4.78, 5) is 2.69. The van der Waals surface area contributed by atoms with E-state index in [-0.39, 0.29) is 17.7 Å². The average Bonchev–Trinajstić information content (AvgIpc) is 4.02. The van der Waals surface area contributed by atoms with E-state index < -0.39 is 0 Å². The van der Waals surface area contributed by atoms with Gasteiger partial charge in [0.15, 0.2) is 0 Å². The Labute approximate surface area is 367 Å². The highest BCUT2D eigenvalue weighted by atomic mass is 32.1. The minimum atomic E-state index is -0.0745. The van der Waals surface area contributed by atoms with Crippen molar-refractivity contribution in [2.45, 2.75) is 52.4 Å². The van der Waals surface area contributed by atoms with Crippen LogP contribution in [0.3, 0.4) is 0 Å². The summed E-state index contributed by atoms with van der Waals surface area (Å²) < 4.78 is 14.5. The summed E-state index contributed by atoms with van der Waals surface area (Å²) >= 11 is 3.84. The van der Waals surface area contributed by atoms with Gasteiger partial charge in [0.1, 0.15) is 11.2 Å². The van der Waals surface area contributed by atoms with Gasteiger partial charge in [-0.15, -0.1) is 22.7 Å². The third-order valence-corrected chi connectivity index (χ3v) is 16.3. The Bertz CT molecular complexity index is 3960. The molecule has 0 bridgehead atoms. The highest BCUT2D eigenvalue weighted by Gasteiger charge is 2.45. The van der Waals surface area contributed by atoms with Crippen molar-refractivity contribution in [3.8, 4) is 16.8 Å². The van der Waals surface area contributed by atoms with Gasteiger partial charge in [-0.1, -0.05) is 114 Å². The molecule has 62 heavy (non-hydrogen) atoms. The zero-order chi connectivity index (χ0) is 41.6. The summed E-state index contributed by atoms with van der Waals surface area (Å²) in [5, 5.41) is 10.2. The van der Waals surface area contributed by atoms with E-state index in [2.05, 4.69) is 190 Å². The molecule has 2 aliphatic rings. The summed E-state index contributed by atoms with van der Waals surface area (Å²) in [7, 11) is 0. The highest BCUT2D eigenvalue weighted by Crippen LogP contribution is 2.51. The molecule has 0 spiro atoms. The number of benzene rings is 8. The van der Waals surface area contributed by atoms with E-state index in [1.807, 2.05) is 22.7 Å². The Kier molecular flexibility index (Phi) is 6.70. The van der Waals surface area contributed by atoms with Gasteiger partial charge < -0.3 is 13.8 Å². The molecule has 0 saturated carbocycles. The van der Waals surface area contributed by atoms with Crippen molar-refractivity contribution in [1.29, 1.82) is 0 Å². The molecule has 6 heterocycles. The molecule has 4 aromatic heterocycles. The molecule has 0 aliphatic carbocycles. The fraction of sp³-hybridized carbons (Fsp3) is 0.143. The molecule has 0 unspecified atom stereocenters. The first kappa shape index (κ1) is 35.3. The van der Waals surface area contributed by atoms with Gasteiger partial charge in [-0.25, -0.2) is 0 Å². The summed E-state index contributed by atoms with van der Waals surface area (Å²) in [6.45, 7) is 13.8. The van der Waals surface area contributed by atoms with Gasteiger partial charge in [-0.2, -0.15) is 0 Å².